The van der Waals surface area contributed by atoms with E-state index >= 15 is 0 Å². The summed E-state index contributed by atoms with van der Waals surface area (Å²) >= 11 is 0. The van der Waals surface area contributed by atoms with Crippen molar-refractivity contribution < 1.29 is 0 Å². The fourth-order valence-corrected chi connectivity index (χ4v) is 14.0. The molecule has 0 saturated heterocycles. The van der Waals surface area contributed by atoms with E-state index in [0.717, 1.165) is 0 Å². The summed E-state index contributed by atoms with van der Waals surface area (Å²) in [6.07, 6.45) is 0. The lowest BCUT2D eigenvalue weighted by Gasteiger charge is -2.32. The van der Waals surface area contributed by atoms with Crippen molar-refractivity contribution in [1.29, 1.82) is 0 Å². The van der Waals surface area contributed by atoms with Crippen molar-refractivity contribution in [3.8, 4) is 0 Å². The molecule has 0 aliphatic heterocycles. The number of hydrogen-bond acceptors (Lipinski definition) is 2. The number of anilines is 6. The summed E-state index contributed by atoms with van der Waals surface area (Å²) in [5.41, 5.74) is 10.2. The molecule has 0 heterocycles. The molecule has 0 aliphatic carbocycles. The van der Waals surface area contributed by atoms with Gasteiger partial charge in [-0.05, 0) is 117 Å². The molecule has 0 radical (unpaired) electrons. The van der Waals surface area contributed by atoms with E-state index in [0.29, 0.717) is 11.8 Å². The second-order valence-electron chi connectivity index (χ2n) is 22.5. The molecule has 62 heavy (non-hydrogen) atoms. The molecule has 0 unspecified atom stereocenters. The molecule has 0 amide bonds. The number of rotatable bonds is 12. The Hall–Kier alpha value is -4.47. The predicted octanol–water partition coefficient (Wildman–Crippen LogP) is 15.4. The van der Waals surface area contributed by atoms with Gasteiger partial charge in [-0.3, -0.25) is 0 Å². The molecule has 6 heteroatoms. The summed E-state index contributed by atoms with van der Waals surface area (Å²) in [6.45, 7) is 39.3. The first-order valence-electron chi connectivity index (χ1n) is 23.0. The molecule has 7 aromatic carbocycles. The zero-order valence-electron chi connectivity index (χ0n) is 40.8. The normalized spacial score (nSPS) is 12.8. The lowest BCUT2D eigenvalue weighted by Crippen LogP contribution is -2.45. The monoisotopic (exact) mass is 884 g/mol. The van der Waals surface area contributed by atoms with Crippen LogP contribution in [0.5, 0.6) is 0 Å². The van der Waals surface area contributed by atoms with Crippen LogP contribution in [0.15, 0.2) is 133 Å². The van der Waals surface area contributed by atoms with Crippen molar-refractivity contribution in [2.75, 3.05) is 9.80 Å². The van der Waals surface area contributed by atoms with Crippen molar-refractivity contribution in [2.24, 2.45) is 0 Å². The van der Waals surface area contributed by atoms with E-state index in [1.165, 1.54) is 87.5 Å². The molecular formula is C56H72N2Si4. The molecule has 0 fully saturated rings. The molecule has 0 bridgehead atoms. The molecule has 7 rings (SSSR count). The van der Waals surface area contributed by atoms with E-state index in [1.54, 1.807) is 0 Å². The molecule has 2 nitrogen and oxygen atoms in total. The van der Waals surface area contributed by atoms with Crippen LogP contribution in [0.1, 0.15) is 50.7 Å². The summed E-state index contributed by atoms with van der Waals surface area (Å²) < 4.78 is 0. The highest BCUT2D eigenvalue weighted by atomic mass is 28.3. The molecule has 0 saturated carbocycles. The van der Waals surface area contributed by atoms with E-state index in [9.17, 15) is 0 Å². The molecule has 0 aromatic heterocycles. The van der Waals surface area contributed by atoms with Gasteiger partial charge in [0.15, 0.2) is 0 Å². The van der Waals surface area contributed by atoms with Crippen LogP contribution < -0.4 is 30.5 Å². The minimum Gasteiger partial charge on any atom is -0.310 e. The average molecular weight is 886 g/mol. The SMILES string of the molecule is CC(C)c1c2ccc(N(c3ccccc3)c3cc([Si](C)(C)C)cc([Si](C)(C)C)c3)cc2c(C(C)C)c2ccc(N(c3ccccc3)c3cc([Si](C)(C)C)cc([Si](C)(C)C)c3)cc12. The number of fused-ring (bicyclic) bond motifs is 2. The Morgan fingerprint density at radius 2 is 0.581 bits per heavy atom. The van der Waals surface area contributed by atoms with Crippen LogP contribution in [0, 0.1) is 0 Å². The van der Waals surface area contributed by atoms with Gasteiger partial charge < -0.3 is 9.80 Å². The first-order valence-corrected chi connectivity index (χ1v) is 37.0. The van der Waals surface area contributed by atoms with Crippen LogP contribution in [0.4, 0.5) is 34.1 Å². The minimum absolute atomic E-state index is 0.319. The van der Waals surface area contributed by atoms with Crippen molar-refractivity contribution in [3.63, 3.8) is 0 Å². The van der Waals surface area contributed by atoms with Gasteiger partial charge in [-0.15, -0.1) is 0 Å². The van der Waals surface area contributed by atoms with Gasteiger partial charge in [-0.2, -0.15) is 0 Å². The highest BCUT2D eigenvalue weighted by Gasteiger charge is 2.28. The van der Waals surface area contributed by atoms with Gasteiger partial charge in [0.25, 0.3) is 0 Å². The zero-order valence-corrected chi connectivity index (χ0v) is 44.8. The second kappa shape index (κ2) is 16.9. The Labute approximate surface area is 379 Å². The van der Waals surface area contributed by atoms with Crippen LogP contribution in [0.25, 0.3) is 21.5 Å². The fourth-order valence-electron chi connectivity index (χ4n) is 9.05. The molecule has 0 spiro atoms. The van der Waals surface area contributed by atoms with E-state index in [1.807, 2.05) is 0 Å². The standard InChI is InChI=1S/C56H72N2Si4/c1-39(2)55-51-29-27-44(58(42-25-21-18-22-26-42)46-33-49(61(11,12)13)38-50(34-46)62(14,15)16)36-54(51)56(40(3)4)52-30-28-43(35-53(52)55)57(41-23-19-17-20-24-41)45-31-47(59(5,6)7)37-48(32-45)60(8,9)10/h17-40H,1-16H3. The number of hydrogen-bond donors (Lipinski definition) is 0. The van der Waals surface area contributed by atoms with Crippen LogP contribution >= 0.6 is 0 Å². The highest BCUT2D eigenvalue weighted by Crippen LogP contribution is 2.46. The first kappa shape index (κ1) is 45.5. The smallest absolute Gasteiger partial charge is 0.0776 e. The molecular weight excluding hydrogens is 813 g/mol. The summed E-state index contributed by atoms with van der Waals surface area (Å²) in [6, 6.07) is 51.9. The van der Waals surface area contributed by atoms with Gasteiger partial charge in [0.2, 0.25) is 0 Å². The summed E-state index contributed by atoms with van der Waals surface area (Å²) in [5, 5.41) is 11.5. The van der Waals surface area contributed by atoms with Crippen molar-refractivity contribution in [2.45, 2.75) is 118 Å². The number of nitrogens with zero attached hydrogens (tertiary/aromatic N) is 2. The van der Waals surface area contributed by atoms with Crippen molar-refractivity contribution in [3.05, 3.63) is 145 Å². The topological polar surface area (TPSA) is 6.48 Å². The lowest BCUT2D eigenvalue weighted by molar-refractivity contribution is 0.873. The Morgan fingerprint density at radius 3 is 0.839 bits per heavy atom. The van der Waals surface area contributed by atoms with Crippen LogP contribution in [-0.2, 0) is 0 Å². The molecule has 0 atom stereocenters. The Bertz CT molecular complexity index is 2470. The Kier molecular flexibility index (Phi) is 12.4. The first-order chi connectivity index (χ1) is 28.9. The van der Waals surface area contributed by atoms with E-state index in [-0.39, 0.29) is 0 Å². The van der Waals surface area contributed by atoms with Gasteiger partial charge in [0.05, 0.1) is 32.3 Å². The van der Waals surface area contributed by atoms with Crippen LogP contribution in [0.3, 0.4) is 0 Å². The fraction of sp³-hybridized carbons (Fsp3) is 0.321. The summed E-state index contributed by atoms with van der Waals surface area (Å²) in [7, 11) is -6.50. The minimum atomic E-state index is -1.62. The Morgan fingerprint density at radius 1 is 0.290 bits per heavy atom. The maximum absolute atomic E-state index is 2.55. The lowest BCUT2D eigenvalue weighted by atomic mass is 9.83. The van der Waals surface area contributed by atoms with Crippen LogP contribution in [-0.4, -0.2) is 32.3 Å². The number of para-hydroxylation sites is 2. The van der Waals surface area contributed by atoms with Crippen molar-refractivity contribution >= 4 is 109 Å². The molecule has 322 valence electrons. The summed E-state index contributed by atoms with van der Waals surface area (Å²) in [4.78, 5) is 5.06. The van der Waals surface area contributed by atoms with Gasteiger partial charge in [0, 0.05) is 34.1 Å². The number of benzene rings is 7. The molecule has 0 aliphatic rings. The predicted molar refractivity (Wildman–Crippen MR) is 291 cm³/mol. The van der Waals surface area contributed by atoms with E-state index < -0.39 is 32.3 Å². The highest BCUT2D eigenvalue weighted by molar-refractivity contribution is 6.92. The largest absolute Gasteiger partial charge is 0.310 e. The third kappa shape index (κ3) is 9.26. The van der Waals surface area contributed by atoms with Crippen molar-refractivity contribution in [1.82, 2.24) is 0 Å². The maximum Gasteiger partial charge on any atom is 0.0776 e. The summed E-state index contributed by atoms with van der Waals surface area (Å²) in [5.74, 6) is 0.637. The second-order valence-corrected chi connectivity index (χ2v) is 42.8. The third-order valence-corrected chi connectivity index (χ3v) is 20.8. The maximum atomic E-state index is 2.55. The van der Waals surface area contributed by atoms with Gasteiger partial charge in [-0.1, -0.05) is 188 Å². The quantitative estimate of drug-likeness (QED) is 0.0891. The Balaban J connectivity index is 1.51. The van der Waals surface area contributed by atoms with E-state index in [2.05, 4.69) is 250 Å². The van der Waals surface area contributed by atoms with Gasteiger partial charge in [-0.25, -0.2) is 0 Å². The van der Waals surface area contributed by atoms with E-state index in [4.69, 9.17) is 0 Å². The van der Waals surface area contributed by atoms with Crippen LogP contribution in [0.2, 0.25) is 78.6 Å². The third-order valence-electron chi connectivity index (χ3n) is 12.7. The molecule has 7 aromatic rings. The average Bonchev–Trinajstić information content (AvgIpc) is 3.19. The van der Waals surface area contributed by atoms with Gasteiger partial charge in [0.1, 0.15) is 0 Å². The molecule has 0 N–H and O–H groups in total. The van der Waals surface area contributed by atoms with Gasteiger partial charge >= 0.3 is 0 Å². The zero-order chi connectivity index (χ0) is 45.1.